The van der Waals surface area contributed by atoms with Crippen LogP contribution in [0.25, 0.3) is 22.2 Å². The number of aldehydes is 1. The first-order valence-electron chi connectivity index (χ1n) is 6.52. The highest BCUT2D eigenvalue weighted by Gasteiger charge is 2.15. The van der Waals surface area contributed by atoms with Crippen LogP contribution in [0.4, 0.5) is 4.39 Å². The number of ether oxygens (including phenoxy) is 1. The van der Waals surface area contributed by atoms with Crippen molar-refractivity contribution in [3.63, 3.8) is 0 Å². The molecule has 3 aromatic rings. The number of nitrogens with zero attached hydrogens (tertiary/aromatic N) is 1. The Hall–Kier alpha value is -2.46. The lowest BCUT2D eigenvalue weighted by Crippen LogP contribution is -1.97. The van der Waals surface area contributed by atoms with Crippen LogP contribution >= 0.6 is 11.6 Å². The van der Waals surface area contributed by atoms with Crippen LogP contribution in [0, 0.1) is 5.82 Å². The minimum atomic E-state index is -0.436. The third-order valence-electron chi connectivity index (χ3n) is 3.37. The van der Waals surface area contributed by atoms with Gasteiger partial charge in [-0.05, 0) is 30.3 Å². The van der Waals surface area contributed by atoms with Crippen LogP contribution in [0.2, 0.25) is 5.02 Å². The van der Waals surface area contributed by atoms with Gasteiger partial charge in [0.15, 0.2) is 6.29 Å². The SMILES string of the molecule is COc1ccc(F)cc1-c1nc2c(Cl)cccc2cc1C=O. The van der Waals surface area contributed by atoms with Crippen molar-refractivity contribution in [3.8, 4) is 17.0 Å². The molecule has 22 heavy (non-hydrogen) atoms. The third kappa shape index (κ3) is 2.42. The van der Waals surface area contributed by atoms with Crippen molar-refractivity contribution in [3.05, 3.63) is 58.9 Å². The number of carbonyl (C=O) groups excluding carboxylic acids is 1. The van der Waals surface area contributed by atoms with E-state index in [0.29, 0.717) is 39.4 Å². The van der Waals surface area contributed by atoms with Crippen LogP contribution < -0.4 is 4.74 Å². The van der Waals surface area contributed by atoms with Crippen LogP contribution in [-0.2, 0) is 0 Å². The Morgan fingerprint density at radius 1 is 1.23 bits per heavy atom. The zero-order valence-electron chi connectivity index (χ0n) is 11.6. The number of carbonyl (C=O) groups is 1. The summed E-state index contributed by atoms with van der Waals surface area (Å²) in [5.41, 5.74) is 1.65. The summed E-state index contributed by atoms with van der Waals surface area (Å²) < 4.78 is 18.8. The van der Waals surface area contributed by atoms with E-state index in [1.54, 1.807) is 18.2 Å². The Bertz CT molecular complexity index is 880. The van der Waals surface area contributed by atoms with Gasteiger partial charge >= 0.3 is 0 Å². The lowest BCUT2D eigenvalue weighted by Gasteiger charge is -2.11. The number of benzene rings is 2. The summed E-state index contributed by atoms with van der Waals surface area (Å²) in [6, 6.07) is 11.1. The Kier molecular flexibility index (Phi) is 3.77. The predicted molar refractivity (Wildman–Crippen MR) is 84.1 cm³/mol. The number of hydrogen-bond donors (Lipinski definition) is 0. The van der Waals surface area contributed by atoms with E-state index in [1.165, 1.54) is 25.3 Å². The molecule has 0 spiro atoms. The van der Waals surface area contributed by atoms with Gasteiger partial charge in [0.1, 0.15) is 11.6 Å². The zero-order chi connectivity index (χ0) is 15.7. The smallest absolute Gasteiger partial charge is 0.152 e. The van der Waals surface area contributed by atoms with E-state index in [1.807, 2.05) is 6.07 Å². The molecule has 0 fully saturated rings. The minimum Gasteiger partial charge on any atom is -0.496 e. The van der Waals surface area contributed by atoms with Crippen LogP contribution in [0.1, 0.15) is 10.4 Å². The fourth-order valence-corrected chi connectivity index (χ4v) is 2.57. The molecule has 5 heteroatoms. The second-order valence-electron chi connectivity index (χ2n) is 4.70. The number of para-hydroxylation sites is 1. The highest BCUT2D eigenvalue weighted by molar-refractivity contribution is 6.35. The van der Waals surface area contributed by atoms with Gasteiger partial charge in [0.2, 0.25) is 0 Å². The average Bonchev–Trinajstić information content (AvgIpc) is 2.54. The number of fused-ring (bicyclic) bond motifs is 1. The number of methoxy groups -OCH3 is 1. The summed E-state index contributed by atoms with van der Waals surface area (Å²) in [6.07, 6.45) is 0.688. The van der Waals surface area contributed by atoms with E-state index >= 15 is 0 Å². The second kappa shape index (κ2) is 5.73. The molecule has 0 bridgehead atoms. The van der Waals surface area contributed by atoms with E-state index in [9.17, 15) is 9.18 Å². The third-order valence-corrected chi connectivity index (χ3v) is 3.67. The van der Waals surface area contributed by atoms with Crippen molar-refractivity contribution < 1.29 is 13.9 Å². The predicted octanol–water partition coefficient (Wildman–Crippen LogP) is 4.52. The molecule has 0 N–H and O–H groups in total. The second-order valence-corrected chi connectivity index (χ2v) is 5.11. The van der Waals surface area contributed by atoms with Gasteiger partial charge in [-0.15, -0.1) is 0 Å². The van der Waals surface area contributed by atoms with Gasteiger partial charge in [0, 0.05) is 16.5 Å². The van der Waals surface area contributed by atoms with E-state index in [4.69, 9.17) is 16.3 Å². The van der Waals surface area contributed by atoms with Gasteiger partial charge in [0.25, 0.3) is 0 Å². The number of pyridine rings is 1. The summed E-state index contributed by atoms with van der Waals surface area (Å²) in [5, 5.41) is 1.21. The molecule has 0 aliphatic rings. The zero-order valence-corrected chi connectivity index (χ0v) is 12.4. The molecular weight excluding hydrogens is 305 g/mol. The number of rotatable bonds is 3. The molecule has 3 nitrogen and oxygen atoms in total. The first-order valence-corrected chi connectivity index (χ1v) is 6.90. The van der Waals surface area contributed by atoms with Gasteiger partial charge in [-0.25, -0.2) is 9.37 Å². The fraction of sp³-hybridized carbons (Fsp3) is 0.0588. The Labute approximate surface area is 131 Å². The van der Waals surface area contributed by atoms with Crippen molar-refractivity contribution in [2.24, 2.45) is 0 Å². The molecule has 1 aromatic heterocycles. The molecule has 0 atom stereocenters. The monoisotopic (exact) mass is 315 g/mol. The minimum absolute atomic E-state index is 0.340. The van der Waals surface area contributed by atoms with Gasteiger partial charge in [-0.3, -0.25) is 4.79 Å². The molecule has 110 valence electrons. The molecule has 0 radical (unpaired) electrons. The number of halogens is 2. The largest absolute Gasteiger partial charge is 0.496 e. The Morgan fingerprint density at radius 3 is 2.77 bits per heavy atom. The maximum absolute atomic E-state index is 13.6. The summed E-state index contributed by atoms with van der Waals surface area (Å²) in [7, 11) is 1.48. The highest BCUT2D eigenvalue weighted by atomic mass is 35.5. The Balaban J connectivity index is 2.37. The van der Waals surface area contributed by atoms with Crippen molar-refractivity contribution in [1.82, 2.24) is 4.98 Å². The van der Waals surface area contributed by atoms with Gasteiger partial charge in [-0.2, -0.15) is 0 Å². The molecule has 2 aromatic carbocycles. The summed E-state index contributed by atoms with van der Waals surface area (Å²) in [5.74, 6) is -0.00268. The molecule has 1 heterocycles. The number of aromatic nitrogens is 1. The van der Waals surface area contributed by atoms with Crippen LogP contribution in [-0.4, -0.2) is 18.4 Å². The van der Waals surface area contributed by atoms with Gasteiger partial charge in [-0.1, -0.05) is 23.7 Å². The summed E-state index contributed by atoms with van der Waals surface area (Å²) in [4.78, 5) is 15.9. The lowest BCUT2D eigenvalue weighted by atomic mass is 10.0. The van der Waals surface area contributed by atoms with Crippen molar-refractivity contribution >= 4 is 28.8 Å². The van der Waals surface area contributed by atoms with Crippen molar-refractivity contribution in [1.29, 1.82) is 0 Å². The standard InChI is InChI=1S/C17H11ClFNO2/c1-22-15-6-5-12(19)8-13(15)16-11(9-21)7-10-3-2-4-14(18)17(10)20-16/h2-9H,1H3. The molecule has 3 rings (SSSR count). The van der Waals surface area contributed by atoms with Gasteiger partial charge < -0.3 is 4.74 Å². The van der Waals surface area contributed by atoms with Gasteiger partial charge in [0.05, 0.1) is 23.3 Å². The first kappa shape index (κ1) is 14.5. The molecule has 0 unspecified atom stereocenters. The lowest BCUT2D eigenvalue weighted by molar-refractivity contribution is 0.112. The van der Waals surface area contributed by atoms with Crippen molar-refractivity contribution in [2.45, 2.75) is 0 Å². The van der Waals surface area contributed by atoms with Crippen LogP contribution in [0.3, 0.4) is 0 Å². The Morgan fingerprint density at radius 2 is 2.05 bits per heavy atom. The van der Waals surface area contributed by atoms with E-state index < -0.39 is 5.82 Å². The maximum Gasteiger partial charge on any atom is 0.152 e. The van der Waals surface area contributed by atoms with E-state index in [-0.39, 0.29) is 0 Å². The fourth-order valence-electron chi connectivity index (χ4n) is 2.35. The molecule has 0 aliphatic heterocycles. The summed E-state index contributed by atoms with van der Waals surface area (Å²) in [6.45, 7) is 0. The maximum atomic E-state index is 13.6. The normalized spacial score (nSPS) is 10.7. The molecular formula is C17H11ClFNO2. The quantitative estimate of drug-likeness (QED) is 0.667. The average molecular weight is 316 g/mol. The highest BCUT2D eigenvalue weighted by Crippen LogP contribution is 2.34. The first-order chi connectivity index (χ1) is 10.6. The van der Waals surface area contributed by atoms with Crippen molar-refractivity contribution in [2.75, 3.05) is 7.11 Å². The van der Waals surface area contributed by atoms with E-state index in [0.717, 1.165) is 5.39 Å². The topological polar surface area (TPSA) is 39.2 Å². The molecule has 0 saturated carbocycles. The molecule has 0 aliphatic carbocycles. The van der Waals surface area contributed by atoms with Crippen LogP contribution in [0.5, 0.6) is 5.75 Å². The van der Waals surface area contributed by atoms with E-state index in [2.05, 4.69) is 4.98 Å². The summed E-state index contributed by atoms with van der Waals surface area (Å²) >= 11 is 6.16. The van der Waals surface area contributed by atoms with Crippen LogP contribution in [0.15, 0.2) is 42.5 Å². The number of hydrogen-bond acceptors (Lipinski definition) is 3. The molecule has 0 amide bonds. The molecule has 0 saturated heterocycles.